The number of aryl methyl sites for hydroxylation is 1. The molecule has 11 heavy (non-hydrogen) atoms. The molecule has 0 aliphatic heterocycles. The molecule has 0 amide bonds. The number of nitrogens with two attached hydrogens (primary N) is 1. The summed E-state index contributed by atoms with van der Waals surface area (Å²) in [6, 6.07) is 0.0833. The Bertz CT molecular complexity index is 239. The first kappa shape index (κ1) is 8.27. The molecule has 0 saturated heterocycles. The van der Waals surface area contributed by atoms with Gasteiger partial charge in [0.15, 0.2) is 0 Å². The summed E-state index contributed by atoms with van der Waals surface area (Å²) in [5.41, 5.74) is 9.14. The molecule has 0 fully saturated rings. The Balaban J connectivity index is 2.94. The third-order valence-electron chi connectivity index (χ3n) is 2.08. The molecule has 1 aromatic rings. The molecule has 0 aliphatic rings. The van der Waals surface area contributed by atoms with Crippen LogP contribution in [0.1, 0.15) is 36.3 Å². The summed E-state index contributed by atoms with van der Waals surface area (Å²) in [6.07, 6.45) is 0.936. The van der Waals surface area contributed by atoms with Crippen LogP contribution in [-0.4, -0.2) is 10.2 Å². The Morgan fingerprint density at radius 2 is 2.18 bits per heavy atom. The van der Waals surface area contributed by atoms with Gasteiger partial charge in [-0.05, 0) is 25.8 Å². The number of nitrogens with zero attached hydrogens (tertiary/aromatic N) is 1. The zero-order valence-corrected chi connectivity index (χ0v) is 7.31. The smallest absolute Gasteiger partial charge is 0.0821 e. The van der Waals surface area contributed by atoms with Gasteiger partial charge in [-0.15, -0.1) is 0 Å². The molecule has 0 aromatic carbocycles. The quantitative estimate of drug-likeness (QED) is 0.675. The first-order chi connectivity index (χ1) is 5.16. The standard InChI is InChI=1S/C8H15N3/c1-4-7(9)8-5(2)6(3)10-11-8/h7H,4,9H2,1-3H3,(H,10,11). The predicted octanol–water partition coefficient (Wildman–Crippen LogP) is 1.44. The number of H-pyrrole nitrogens is 1. The minimum atomic E-state index is 0.0833. The van der Waals surface area contributed by atoms with Gasteiger partial charge < -0.3 is 5.73 Å². The average molecular weight is 153 g/mol. The van der Waals surface area contributed by atoms with Crippen LogP contribution in [0.5, 0.6) is 0 Å². The van der Waals surface area contributed by atoms with Crippen molar-refractivity contribution >= 4 is 0 Å². The van der Waals surface area contributed by atoms with Crippen molar-refractivity contribution in [3.8, 4) is 0 Å². The fourth-order valence-electron chi connectivity index (χ4n) is 1.06. The van der Waals surface area contributed by atoms with Crippen LogP contribution < -0.4 is 5.73 Å². The lowest BCUT2D eigenvalue weighted by Gasteiger charge is -2.05. The lowest BCUT2D eigenvalue weighted by atomic mass is 10.1. The topological polar surface area (TPSA) is 54.7 Å². The summed E-state index contributed by atoms with van der Waals surface area (Å²) < 4.78 is 0. The highest BCUT2D eigenvalue weighted by Crippen LogP contribution is 2.16. The minimum absolute atomic E-state index is 0.0833. The number of hydrogen-bond acceptors (Lipinski definition) is 2. The monoisotopic (exact) mass is 153 g/mol. The van der Waals surface area contributed by atoms with Gasteiger partial charge >= 0.3 is 0 Å². The van der Waals surface area contributed by atoms with Crippen molar-refractivity contribution < 1.29 is 0 Å². The molecule has 1 heterocycles. The number of hydrogen-bond donors (Lipinski definition) is 2. The van der Waals surface area contributed by atoms with Gasteiger partial charge in [-0.25, -0.2) is 0 Å². The summed E-state index contributed by atoms with van der Waals surface area (Å²) in [5.74, 6) is 0. The number of rotatable bonds is 2. The molecule has 0 radical (unpaired) electrons. The van der Waals surface area contributed by atoms with Gasteiger partial charge in [0, 0.05) is 11.7 Å². The molecule has 1 atom stereocenters. The molecule has 3 nitrogen and oxygen atoms in total. The largest absolute Gasteiger partial charge is 0.323 e. The van der Waals surface area contributed by atoms with Crippen LogP contribution in [0.3, 0.4) is 0 Å². The third-order valence-corrected chi connectivity index (χ3v) is 2.08. The Kier molecular flexibility index (Phi) is 2.29. The summed E-state index contributed by atoms with van der Waals surface area (Å²) >= 11 is 0. The second-order valence-corrected chi connectivity index (χ2v) is 2.87. The summed E-state index contributed by atoms with van der Waals surface area (Å²) in [5, 5.41) is 7.06. The van der Waals surface area contributed by atoms with Gasteiger partial charge in [-0.3, -0.25) is 5.10 Å². The Labute approximate surface area is 67.0 Å². The SMILES string of the molecule is CCC(N)c1n[nH]c(C)c1C. The fraction of sp³-hybridized carbons (Fsp3) is 0.625. The molecule has 3 N–H and O–H groups in total. The van der Waals surface area contributed by atoms with Crippen molar-refractivity contribution in [2.24, 2.45) is 5.73 Å². The van der Waals surface area contributed by atoms with Gasteiger partial charge in [0.25, 0.3) is 0 Å². The summed E-state index contributed by atoms with van der Waals surface area (Å²) in [4.78, 5) is 0. The van der Waals surface area contributed by atoms with E-state index in [9.17, 15) is 0 Å². The molecule has 0 saturated carbocycles. The first-order valence-electron chi connectivity index (χ1n) is 3.93. The van der Waals surface area contributed by atoms with E-state index >= 15 is 0 Å². The van der Waals surface area contributed by atoms with Crippen molar-refractivity contribution in [2.75, 3.05) is 0 Å². The number of nitrogens with one attached hydrogen (secondary N) is 1. The highest BCUT2D eigenvalue weighted by molar-refractivity contribution is 5.24. The molecule has 0 spiro atoms. The van der Waals surface area contributed by atoms with E-state index in [2.05, 4.69) is 17.1 Å². The Hall–Kier alpha value is -0.830. The van der Waals surface area contributed by atoms with Crippen LogP contribution in [0, 0.1) is 13.8 Å². The number of aromatic amines is 1. The van der Waals surface area contributed by atoms with Crippen LogP contribution in [-0.2, 0) is 0 Å². The molecule has 0 bridgehead atoms. The molecule has 3 heteroatoms. The maximum absolute atomic E-state index is 5.83. The van der Waals surface area contributed by atoms with Gasteiger partial charge in [-0.1, -0.05) is 6.92 Å². The van der Waals surface area contributed by atoms with Crippen molar-refractivity contribution in [1.29, 1.82) is 0 Å². The third kappa shape index (κ3) is 1.43. The van der Waals surface area contributed by atoms with Gasteiger partial charge in [0.1, 0.15) is 0 Å². The maximum Gasteiger partial charge on any atom is 0.0821 e. The first-order valence-corrected chi connectivity index (χ1v) is 3.93. The molecular weight excluding hydrogens is 138 g/mol. The summed E-state index contributed by atoms with van der Waals surface area (Å²) in [7, 11) is 0. The fourth-order valence-corrected chi connectivity index (χ4v) is 1.06. The van der Waals surface area contributed by atoms with Gasteiger partial charge in [0.05, 0.1) is 5.69 Å². The molecule has 0 aliphatic carbocycles. The van der Waals surface area contributed by atoms with E-state index in [1.54, 1.807) is 0 Å². The van der Waals surface area contributed by atoms with Crippen LogP contribution >= 0.6 is 0 Å². The van der Waals surface area contributed by atoms with Crippen molar-refractivity contribution in [3.63, 3.8) is 0 Å². The van der Waals surface area contributed by atoms with E-state index in [0.717, 1.165) is 17.8 Å². The predicted molar refractivity (Wildman–Crippen MR) is 45.3 cm³/mol. The molecule has 1 rings (SSSR count). The van der Waals surface area contributed by atoms with Crippen LogP contribution in [0.15, 0.2) is 0 Å². The van der Waals surface area contributed by atoms with Crippen molar-refractivity contribution in [1.82, 2.24) is 10.2 Å². The van der Waals surface area contributed by atoms with Crippen LogP contribution in [0.4, 0.5) is 0 Å². The number of aromatic nitrogens is 2. The zero-order valence-electron chi connectivity index (χ0n) is 7.31. The maximum atomic E-state index is 5.83. The van der Waals surface area contributed by atoms with Gasteiger partial charge in [0.2, 0.25) is 0 Å². The molecule has 1 unspecified atom stereocenters. The minimum Gasteiger partial charge on any atom is -0.323 e. The van der Waals surface area contributed by atoms with Crippen molar-refractivity contribution in [3.05, 3.63) is 17.0 Å². The second kappa shape index (κ2) is 3.05. The summed E-state index contributed by atoms with van der Waals surface area (Å²) in [6.45, 7) is 6.12. The Morgan fingerprint density at radius 3 is 2.55 bits per heavy atom. The lowest BCUT2D eigenvalue weighted by Crippen LogP contribution is -2.10. The van der Waals surface area contributed by atoms with Crippen LogP contribution in [0.25, 0.3) is 0 Å². The highest BCUT2D eigenvalue weighted by Gasteiger charge is 2.11. The van der Waals surface area contributed by atoms with E-state index < -0.39 is 0 Å². The van der Waals surface area contributed by atoms with Crippen molar-refractivity contribution in [2.45, 2.75) is 33.2 Å². The molecule has 62 valence electrons. The van der Waals surface area contributed by atoms with E-state index in [-0.39, 0.29) is 6.04 Å². The normalized spacial score (nSPS) is 13.5. The molecule has 1 aromatic heterocycles. The van der Waals surface area contributed by atoms with E-state index in [4.69, 9.17) is 5.73 Å². The Morgan fingerprint density at radius 1 is 1.55 bits per heavy atom. The second-order valence-electron chi connectivity index (χ2n) is 2.87. The van der Waals surface area contributed by atoms with E-state index in [1.165, 1.54) is 5.56 Å². The van der Waals surface area contributed by atoms with E-state index in [0.29, 0.717) is 0 Å². The van der Waals surface area contributed by atoms with Crippen LogP contribution in [0.2, 0.25) is 0 Å². The highest BCUT2D eigenvalue weighted by atomic mass is 15.1. The molecular formula is C8H15N3. The lowest BCUT2D eigenvalue weighted by molar-refractivity contribution is 0.668. The van der Waals surface area contributed by atoms with E-state index in [1.807, 2.05) is 13.8 Å². The van der Waals surface area contributed by atoms with Gasteiger partial charge in [-0.2, -0.15) is 5.10 Å². The average Bonchev–Trinajstić information content (AvgIpc) is 2.32. The zero-order chi connectivity index (χ0) is 8.43.